The standard InChI is InChI=1S/C15H15NO3/c1-8-5-10-9-3-4-14(19-2)11(7-17)15(9)16-12(10)6-13(8)18/h3-6,16-18H,7H2,1-2H3. The van der Waals surface area contributed by atoms with Gasteiger partial charge in [0.2, 0.25) is 0 Å². The van der Waals surface area contributed by atoms with E-state index in [0.29, 0.717) is 5.75 Å². The molecule has 0 saturated carbocycles. The number of aryl methyl sites for hydroxylation is 1. The quantitative estimate of drug-likeness (QED) is 0.661. The summed E-state index contributed by atoms with van der Waals surface area (Å²) in [6.45, 7) is 1.77. The highest BCUT2D eigenvalue weighted by molar-refractivity contribution is 6.09. The Kier molecular flexibility index (Phi) is 2.61. The maximum atomic E-state index is 9.78. The molecule has 19 heavy (non-hydrogen) atoms. The van der Waals surface area contributed by atoms with Crippen LogP contribution in [0.5, 0.6) is 11.5 Å². The van der Waals surface area contributed by atoms with E-state index in [-0.39, 0.29) is 12.4 Å². The second kappa shape index (κ2) is 4.17. The number of phenols is 1. The molecular weight excluding hydrogens is 242 g/mol. The van der Waals surface area contributed by atoms with E-state index in [2.05, 4.69) is 4.98 Å². The van der Waals surface area contributed by atoms with E-state index in [1.54, 1.807) is 13.2 Å². The molecule has 3 rings (SSSR count). The predicted octanol–water partition coefficient (Wildman–Crippen LogP) is 2.84. The van der Waals surface area contributed by atoms with Crippen LogP contribution in [0.15, 0.2) is 24.3 Å². The van der Waals surface area contributed by atoms with E-state index in [0.717, 1.165) is 32.9 Å². The minimum absolute atomic E-state index is 0.0989. The van der Waals surface area contributed by atoms with E-state index in [1.807, 2.05) is 25.1 Å². The number of ether oxygens (including phenoxy) is 1. The molecule has 0 amide bonds. The van der Waals surface area contributed by atoms with Crippen molar-refractivity contribution >= 4 is 21.8 Å². The second-order valence-electron chi connectivity index (χ2n) is 4.64. The fraction of sp³-hybridized carbons (Fsp3) is 0.200. The number of hydrogen-bond acceptors (Lipinski definition) is 3. The van der Waals surface area contributed by atoms with Crippen molar-refractivity contribution in [3.05, 3.63) is 35.4 Å². The maximum absolute atomic E-state index is 9.78. The lowest BCUT2D eigenvalue weighted by Gasteiger charge is -2.06. The Morgan fingerprint density at radius 3 is 2.68 bits per heavy atom. The summed E-state index contributed by atoms with van der Waals surface area (Å²) in [5.74, 6) is 0.916. The number of benzene rings is 2. The Balaban J connectivity index is 2.46. The minimum Gasteiger partial charge on any atom is -0.508 e. The molecule has 0 radical (unpaired) electrons. The molecule has 0 aliphatic rings. The van der Waals surface area contributed by atoms with Crippen LogP contribution in [0, 0.1) is 6.92 Å². The molecule has 0 fully saturated rings. The number of aromatic nitrogens is 1. The van der Waals surface area contributed by atoms with Gasteiger partial charge in [-0.25, -0.2) is 0 Å². The summed E-state index contributed by atoms with van der Waals surface area (Å²) in [6, 6.07) is 7.46. The molecule has 4 nitrogen and oxygen atoms in total. The fourth-order valence-corrected chi connectivity index (χ4v) is 2.50. The minimum atomic E-state index is -0.0989. The van der Waals surface area contributed by atoms with E-state index >= 15 is 0 Å². The van der Waals surface area contributed by atoms with Crippen molar-refractivity contribution in [2.45, 2.75) is 13.5 Å². The summed E-state index contributed by atoms with van der Waals surface area (Å²) in [4.78, 5) is 3.24. The SMILES string of the molecule is COc1ccc2c([nH]c3cc(O)c(C)cc32)c1CO. The molecule has 0 aliphatic carbocycles. The molecule has 1 aromatic heterocycles. The first-order valence-corrected chi connectivity index (χ1v) is 6.07. The molecule has 3 N–H and O–H groups in total. The van der Waals surface area contributed by atoms with Gasteiger partial charge in [-0.15, -0.1) is 0 Å². The summed E-state index contributed by atoms with van der Waals surface area (Å²) >= 11 is 0. The van der Waals surface area contributed by atoms with Gasteiger partial charge in [0.05, 0.1) is 24.8 Å². The average Bonchev–Trinajstić information content (AvgIpc) is 2.75. The van der Waals surface area contributed by atoms with Crippen LogP contribution in [0.1, 0.15) is 11.1 Å². The van der Waals surface area contributed by atoms with Crippen molar-refractivity contribution in [2.24, 2.45) is 0 Å². The Hall–Kier alpha value is -2.20. The van der Waals surface area contributed by atoms with Crippen LogP contribution in [0.3, 0.4) is 0 Å². The van der Waals surface area contributed by atoms with Crippen molar-refractivity contribution in [3.63, 3.8) is 0 Å². The Morgan fingerprint density at radius 1 is 1.21 bits per heavy atom. The molecule has 0 spiro atoms. The number of fused-ring (bicyclic) bond motifs is 3. The monoisotopic (exact) mass is 257 g/mol. The van der Waals surface area contributed by atoms with Crippen molar-refractivity contribution in [2.75, 3.05) is 7.11 Å². The van der Waals surface area contributed by atoms with Crippen molar-refractivity contribution < 1.29 is 14.9 Å². The van der Waals surface area contributed by atoms with Crippen LogP contribution in [0.25, 0.3) is 21.8 Å². The summed E-state index contributed by atoms with van der Waals surface area (Å²) in [5, 5.41) is 21.4. The first-order valence-electron chi connectivity index (χ1n) is 6.07. The second-order valence-corrected chi connectivity index (χ2v) is 4.64. The maximum Gasteiger partial charge on any atom is 0.126 e. The van der Waals surface area contributed by atoms with E-state index < -0.39 is 0 Å². The molecule has 0 bridgehead atoms. The van der Waals surface area contributed by atoms with Gasteiger partial charge in [0.15, 0.2) is 0 Å². The fourth-order valence-electron chi connectivity index (χ4n) is 2.50. The highest BCUT2D eigenvalue weighted by atomic mass is 16.5. The average molecular weight is 257 g/mol. The molecule has 4 heteroatoms. The van der Waals surface area contributed by atoms with Crippen LogP contribution < -0.4 is 4.74 Å². The molecule has 1 heterocycles. The largest absolute Gasteiger partial charge is 0.508 e. The zero-order valence-electron chi connectivity index (χ0n) is 10.8. The molecule has 2 aromatic carbocycles. The zero-order chi connectivity index (χ0) is 13.6. The lowest BCUT2D eigenvalue weighted by Crippen LogP contribution is -1.92. The summed E-state index contributed by atoms with van der Waals surface area (Å²) < 4.78 is 5.26. The number of phenolic OH excluding ortho intramolecular Hbond substituents is 1. The van der Waals surface area contributed by atoms with Gasteiger partial charge in [0, 0.05) is 22.4 Å². The van der Waals surface area contributed by atoms with Gasteiger partial charge >= 0.3 is 0 Å². The van der Waals surface area contributed by atoms with Crippen LogP contribution in [-0.2, 0) is 6.61 Å². The number of rotatable bonds is 2. The first-order chi connectivity index (χ1) is 9.15. The van der Waals surface area contributed by atoms with Crippen LogP contribution in [0.4, 0.5) is 0 Å². The number of aromatic amines is 1. The highest BCUT2D eigenvalue weighted by Crippen LogP contribution is 2.35. The molecule has 0 unspecified atom stereocenters. The zero-order valence-corrected chi connectivity index (χ0v) is 10.8. The number of H-pyrrole nitrogens is 1. The number of aliphatic hydroxyl groups excluding tert-OH is 1. The van der Waals surface area contributed by atoms with Gasteiger partial charge in [0.1, 0.15) is 11.5 Å². The highest BCUT2D eigenvalue weighted by Gasteiger charge is 2.13. The number of hydrogen-bond donors (Lipinski definition) is 3. The molecule has 98 valence electrons. The van der Waals surface area contributed by atoms with Gasteiger partial charge in [-0.1, -0.05) is 0 Å². The number of methoxy groups -OCH3 is 1. The Morgan fingerprint density at radius 2 is 2.00 bits per heavy atom. The van der Waals surface area contributed by atoms with Crippen LogP contribution in [0.2, 0.25) is 0 Å². The topological polar surface area (TPSA) is 65.5 Å². The van der Waals surface area contributed by atoms with Gasteiger partial charge < -0.3 is 19.9 Å². The van der Waals surface area contributed by atoms with E-state index in [9.17, 15) is 10.2 Å². The lowest BCUT2D eigenvalue weighted by molar-refractivity contribution is 0.275. The summed E-state index contributed by atoms with van der Waals surface area (Å²) in [6.07, 6.45) is 0. The van der Waals surface area contributed by atoms with Crippen LogP contribution >= 0.6 is 0 Å². The number of nitrogens with one attached hydrogen (secondary N) is 1. The van der Waals surface area contributed by atoms with Crippen LogP contribution in [-0.4, -0.2) is 22.3 Å². The van der Waals surface area contributed by atoms with Crippen molar-refractivity contribution in [1.29, 1.82) is 0 Å². The molecule has 3 aromatic rings. The third kappa shape index (κ3) is 1.64. The molecular formula is C15H15NO3. The third-order valence-corrected chi connectivity index (χ3v) is 3.53. The van der Waals surface area contributed by atoms with Gasteiger partial charge in [0.25, 0.3) is 0 Å². The number of aliphatic hydroxyl groups is 1. The Labute approximate surface area is 110 Å². The molecule has 0 saturated heterocycles. The summed E-state index contributed by atoms with van der Waals surface area (Å²) in [5.41, 5.74) is 3.26. The normalized spacial score (nSPS) is 11.3. The molecule has 0 aliphatic heterocycles. The van der Waals surface area contributed by atoms with Crippen molar-refractivity contribution in [1.82, 2.24) is 4.98 Å². The predicted molar refractivity (Wildman–Crippen MR) is 74.7 cm³/mol. The van der Waals surface area contributed by atoms with Gasteiger partial charge in [-0.3, -0.25) is 0 Å². The summed E-state index contributed by atoms with van der Waals surface area (Å²) in [7, 11) is 1.58. The first kappa shape index (κ1) is 11.9. The number of aromatic hydroxyl groups is 1. The van der Waals surface area contributed by atoms with E-state index in [1.165, 1.54) is 0 Å². The lowest BCUT2D eigenvalue weighted by atomic mass is 10.1. The van der Waals surface area contributed by atoms with Gasteiger partial charge in [-0.05, 0) is 30.7 Å². The smallest absolute Gasteiger partial charge is 0.126 e. The van der Waals surface area contributed by atoms with Crippen molar-refractivity contribution in [3.8, 4) is 11.5 Å². The van der Waals surface area contributed by atoms with Gasteiger partial charge in [-0.2, -0.15) is 0 Å². The third-order valence-electron chi connectivity index (χ3n) is 3.53. The molecule has 0 atom stereocenters. The Bertz CT molecular complexity index is 774. The van der Waals surface area contributed by atoms with E-state index in [4.69, 9.17) is 4.74 Å².